The monoisotopic (exact) mass is 629 g/mol. The van der Waals surface area contributed by atoms with Gasteiger partial charge in [0.15, 0.2) is 0 Å². The molecule has 224 valence electrons. The van der Waals surface area contributed by atoms with E-state index in [1.807, 2.05) is 11.3 Å². The average molecular weight is 630 g/mol. The molecule has 0 aliphatic heterocycles. The average Bonchev–Trinajstić information content (AvgIpc) is 3.87. The molecule has 0 atom stereocenters. The summed E-state index contributed by atoms with van der Waals surface area (Å²) in [5.41, 5.74) is 10.9. The Balaban J connectivity index is 1.19. The smallest absolute Gasteiger partial charge is 0.0727 e. The number of hydrogen-bond donors (Lipinski definition) is 0. The van der Waals surface area contributed by atoms with E-state index in [9.17, 15) is 0 Å². The van der Waals surface area contributed by atoms with Crippen LogP contribution < -0.4 is 0 Å². The number of hydrogen-bond acceptors (Lipinski definition) is 1. The minimum atomic E-state index is 1.17. The van der Waals surface area contributed by atoms with Gasteiger partial charge in [0.25, 0.3) is 0 Å². The van der Waals surface area contributed by atoms with Gasteiger partial charge in [0.05, 0.1) is 37.8 Å². The topological polar surface area (TPSA) is 14.8 Å². The van der Waals surface area contributed by atoms with Crippen LogP contribution in [0.2, 0.25) is 0 Å². The highest BCUT2D eigenvalue weighted by Gasteiger charge is 2.21. The SMILES string of the molecule is c1ccc(-n2c3cc(-n4c5ccccc5c5ccccc54)ccc3c3sc4cc(-n5c6ccccc6c6ccccc65)ccc4c32)cc1. The molecule has 4 heterocycles. The Bertz CT molecular complexity index is 2950. The third kappa shape index (κ3) is 3.47. The van der Waals surface area contributed by atoms with Crippen molar-refractivity contribution in [2.45, 2.75) is 0 Å². The van der Waals surface area contributed by atoms with Gasteiger partial charge >= 0.3 is 0 Å². The maximum Gasteiger partial charge on any atom is 0.0727 e. The van der Waals surface area contributed by atoms with E-state index in [0.717, 1.165) is 0 Å². The summed E-state index contributed by atoms with van der Waals surface area (Å²) in [6.07, 6.45) is 0. The molecule has 11 aromatic rings. The van der Waals surface area contributed by atoms with Crippen LogP contribution in [0.3, 0.4) is 0 Å². The predicted octanol–water partition coefficient (Wildman–Crippen LogP) is 12.2. The Morgan fingerprint density at radius 1 is 0.312 bits per heavy atom. The summed E-state index contributed by atoms with van der Waals surface area (Å²) in [4.78, 5) is 0. The fraction of sp³-hybridized carbons (Fsp3) is 0. The van der Waals surface area contributed by atoms with Crippen molar-refractivity contribution >= 4 is 86.2 Å². The summed E-state index contributed by atoms with van der Waals surface area (Å²) in [5.74, 6) is 0. The number of thiophene rings is 1. The van der Waals surface area contributed by atoms with E-state index >= 15 is 0 Å². The number of benzene rings is 7. The van der Waals surface area contributed by atoms with Crippen LogP contribution in [0.4, 0.5) is 0 Å². The molecule has 3 nitrogen and oxygen atoms in total. The molecule has 0 unspecified atom stereocenters. The van der Waals surface area contributed by atoms with Crippen LogP contribution in [-0.4, -0.2) is 13.7 Å². The van der Waals surface area contributed by atoms with Gasteiger partial charge in [-0.1, -0.05) is 91.0 Å². The van der Waals surface area contributed by atoms with Gasteiger partial charge in [-0.3, -0.25) is 0 Å². The van der Waals surface area contributed by atoms with Gasteiger partial charge in [0, 0.05) is 54.1 Å². The molecule has 0 aliphatic rings. The van der Waals surface area contributed by atoms with E-state index in [0.29, 0.717) is 0 Å². The highest BCUT2D eigenvalue weighted by Crippen LogP contribution is 2.44. The molecular weight excluding hydrogens is 603 g/mol. The first-order chi connectivity index (χ1) is 23.8. The number of para-hydroxylation sites is 5. The van der Waals surface area contributed by atoms with Crippen molar-refractivity contribution in [3.63, 3.8) is 0 Å². The third-order valence-electron chi connectivity index (χ3n) is 10.0. The Morgan fingerprint density at radius 2 is 0.771 bits per heavy atom. The van der Waals surface area contributed by atoms with E-state index in [2.05, 4.69) is 177 Å². The van der Waals surface area contributed by atoms with Crippen LogP contribution in [0, 0.1) is 0 Å². The van der Waals surface area contributed by atoms with Crippen molar-refractivity contribution in [2.24, 2.45) is 0 Å². The lowest BCUT2D eigenvalue weighted by atomic mass is 10.2. The van der Waals surface area contributed by atoms with E-state index in [4.69, 9.17) is 0 Å². The quantitative estimate of drug-likeness (QED) is 0.185. The number of aromatic nitrogens is 3. The van der Waals surface area contributed by atoms with Crippen molar-refractivity contribution in [3.05, 3.63) is 164 Å². The number of nitrogens with zero attached hydrogens (tertiary/aromatic N) is 3. The zero-order chi connectivity index (χ0) is 31.3. The molecule has 0 radical (unpaired) electrons. The fourth-order valence-electron chi connectivity index (χ4n) is 8.02. The van der Waals surface area contributed by atoms with Gasteiger partial charge in [0.1, 0.15) is 0 Å². The molecule has 0 bridgehead atoms. The lowest BCUT2D eigenvalue weighted by Crippen LogP contribution is -1.97. The summed E-state index contributed by atoms with van der Waals surface area (Å²) < 4.78 is 9.91. The third-order valence-corrected chi connectivity index (χ3v) is 11.2. The molecule has 0 spiro atoms. The van der Waals surface area contributed by atoms with E-state index in [1.165, 1.54) is 91.9 Å². The Kier molecular flexibility index (Phi) is 5.26. The van der Waals surface area contributed by atoms with Gasteiger partial charge in [-0.25, -0.2) is 0 Å². The summed E-state index contributed by atoms with van der Waals surface area (Å²) in [5, 5.41) is 7.67. The van der Waals surface area contributed by atoms with E-state index in [-0.39, 0.29) is 0 Å². The molecule has 48 heavy (non-hydrogen) atoms. The minimum absolute atomic E-state index is 1.17. The molecule has 0 amide bonds. The predicted molar refractivity (Wildman–Crippen MR) is 205 cm³/mol. The Hall–Kier alpha value is -6.10. The first kappa shape index (κ1) is 26.0. The normalized spacial score (nSPS) is 12.2. The first-order valence-corrected chi connectivity index (χ1v) is 17.2. The molecule has 0 saturated heterocycles. The summed E-state index contributed by atoms with van der Waals surface area (Å²) in [6.45, 7) is 0. The standard InChI is InChI=1S/C44H27N3S/c1-2-12-28(13-3-1)47-41-26-29(45-37-18-8-4-14-31(37)32-15-5-9-19-38(32)45)22-24-35(41)44-43(47)36-25-23-30(27-42(36)48-44)46-39-20-10-6-16-33(39)34-17-7-11-21-40(34)46/h1-27H. The maximum atomic E-state index is 2.47. The van der Waals surface area contributed by atoms with E-state index in [1.54, 1.807) is 0 Å². The van der Waals surface area contributed by atoms with Crippen molar-refractivity contribution in [1.82, 2.24) is 13.7 Å². The van der Waals surface area contributed by atoms with Crippen molar-refractivity contribution in [3.8, 4) is 17.1 Å². The maximum absolute atomic E-state index is 2.47. The molecule has 0 fully saturated rings. The molecule has 4 aromatic heterocycles. The minimum Gasteiger partial charge on any atom is -0.309 e. The Morgan fingerprint density at radius 3 is 1.31 bits per heavy atom. The Labute approximate surface area is 279 Å². The second kappa shape index (κ2) is 9.71. The second-order valence-corrected chi connectivity index (χ2v) is 13.6. The summed E-state index contributed by atoms with van der Waals surface area (Å²) in [7, 11) is 0. The van der Waals surface area contributed by atoms with Crippen LogP contribution in [-0.2, 0) is 0 Å². The zero-order valence-corrected chi connectivity index (χ0v) is 26.7. The lowest BCUT2D eigenvalue weighted by Gasteiger charge is -2.12. The van der Waals surface area contributed by atoms with Crippen molar-refractivity contribution < 1.29 is 0 Å². The highest BCUT2D eigenvalue weighted by molar-refractivity contribution is 7.26. The molecule has 4 heteroatoms. The van der Waals surface area contributed by atoms with Crippen LogP contribution in [0.1, 0.15) is 0 Å². The van der Waals surface area contributed by atoms with E-state index < -0.39 is 0 Å². The highest BCUT2D eigenvalue weighted by atomic mass is 32.1. The second-order valence-electron chi connectivity index (χ2n) is 12.6. The first-order valence-electron chi connectivity index (χ1n) is 16.4. The fourth-order valence-corrected chi connectivity index (χ4v) is 9.27. The number of fused-ring (bicyclic) bond motifs is 11. The van der Waals surface area contributed by atoms with Crippen LogP contribution in [0.25, 0.3) is 91.9 Å². The molecule has 0 saturated carbocycles. The van der Waals surface area contributed by atoms with Crippen LogP contribution in [0.15, 0.2) is 164 Å². The van der Waals surface area contributed by atoms with Crippen LogP contribution in [0.5, 0.6) is 0 Å². The molecule has 11 rings (SSSR count). The summed E-state index contributed by atoms with van der Waals surface area (Å²) in [6, 6.07) is 59.8. The lowest BCUT2D eigenvalue weighted by molar-refractivity contribution is 1.16. The van der Waals surface area contributed by atoms with Crippen LogP contribution >= 0.6 is 11.3 Å². The van der Waals surface area contributed by atoms with Gasteiger partial charge < -0.3 is 13.7 Å². The van der Waals surface area contributed by atoms with Crippen molar-refractivity contribution in [1.29, 1.82) is 0 Å². The molecule has 0 aliphatic carbocycles. The molecule has 0 N–H and O–H groups in total. The van der Waals surface area contributed by atoms with Gasteiger partial charge in [-0.05, 0) is 72.8 Å². The molecule has 7 aromatic carbocycles. The van der Waals surface area contributed by atoms with Gasteiger partial charge in [-0.2, -0.15) is 0 Å². The van der Waals surface area contributed by atoms with Crippen molar-refractivity contribution in [2.75, 3.05) is 0 Å². The largest absolute Gasteiger partial charge is 0.309 e. The number of rotatable bonds is 3. The zero-order valence-electron chi connectivity index (χ0n) is 25.8. The van der Waals surface area contributed by atoms with Gasteiger partial charge in [-0.15, -0.1) is 11.3 Å². The van der Waals surface area contributed by atoms with Gasteiger partial charge in [0.2, 0.25) is 0 Å². The summed E-state index contributed by atoms with van der Waals surface area (Å²) >= 11 is 1.90. The molecular formula is C44H27N3S.